The minimum atomic E-state index is 0.397. The van der Waals surface area contributed by atoms with Gasteiger partial charge in [-0.1, -0.05) is 0 Å². The lowest BCUT2D eigenvalue weighted by Crippen LogP contribution is -2.47. The second-order valence-electron chi connectivity index (χ2n) is 7.46. The third kappa shape index (κ3) is 1.84. The quantitative estimate of drug-likeness (QED) is 0.812. The summed E-state index contributed by atoms with van der Waals surface area (Å²) in [6, 6.07) is 0. The average molecular weight is 247 g/mol. The normalized spacial score (nSPS) is 50.8. The molecule has 0 aromatic rings. The van der Waals surface area contributed by atoms with Crippen molar-refractivity contribution in [3.05, 3.63) is 0 Å². The molecule has 0 aromatic heterocycles. The van der Waals surface area contributed by atoms with Gasteiger partial charge in [0.15, 0.2) is 0 Å². The Morgan fingerprint density at radius 3 is 2.28 bits per heavy atom. The molecule has 1 heterocycles. The topological polar surface area (TPSA) is 29.1 Å². The highest BCUT2D eigenvalue weighted by Gasteiger charge is 2.48. The zero-order valence-corrected chi connectivity index (χ0v) is 11.2. The zero-order valence-electron chi connectivity index (χ0n) is 11.2. The van der Waals surface area contributed by atoms with Crippen LogP contribution in [0.3, 0.4) is 0 Å². The molecule has 1 atom stereocenters. The zero-order chi connectivity index (χ0) is 12.1. The second-order valence-corrected chi connectivity index (χ2v) is 7.46. The highest BCUT2D eigenvalue weighted by atomic mass is 16.1. The van der Waals surface area contributed by atoms with Gasteiger partial charge in [-0.2, -0.15) is 0 Å². The molecule has 0 spiro atoms. The maximum Gasteiger partial charge on any atom is 0.149 e. The maximum absolute atomic E-state index is 12.0. The summed E-state index contributed by atoms with van der Waals surface area (Å²) >= 11 is 0. The smallest absolute Gasteiger partial charge is 0.149 e. The van der Waals surface area contributed by atoms with Crippen LogP contribution in [0.25, 0.3) is 0 Å². The third-order valence-corrected chi connectivity index (χ3v) is 6.40. The highest BCUT2D eigenvalue weighted by molar-refractivity contribution is 5.83. The Morgan fingerprint density at radius 2 is 1.67 bits per heavy atom. The van der Waals surface area contributed by atoms with Gasteiger partial charge in [0.1, 0.15) is 5.78 Å². The lowest BCUT2D eigenvalue weighted by molar-refractivity contribution is -0.125. The van der Waals surface area contributed by atoms with Crippen LogP contribution in [0.4, 0.5) is 0 Å². The van der Waals surface area contributed by atoms with Crippen LogP contribution >= 0.6 is 0 Å². The second kappa shape index (κ2) is 4.33. The molecular formula is C16H25NO. The van der Waals surface area contributed by atoms with Crippen molar-refractivity contribution in [1.29, 1.82) is 0 Å². The van der Waals surface area contributed by atoms with E-state index >= 15 is 0 Å². The molecule has 4 aliphatic carbocycles. The van der Waals surface area contributed by atoms with E-state index in [2.05, 4.69) is 5.32 Å². The van der Waals surface area contributed by atoms with Gasteiger partial charge in [-0.05, 0) is 81.1 Å². The molecule has 4 saturated carbocycles. The van der Waals surface area contributed by atoms with Crippen molar-refractivity contribution in [3.8, 4) is 0 Å². The summed E-state index contributed by atoms with van der Waals surface area (Å²) in [5, 5.41) is 3.22. The number of carbonyl (C=O) groups is 1. The number of nitrogens with one attached hydrogen (secondary N) is 1. The van der Waals surface area contributed by atoms with Crippen LogP contribution in [-0.4, -0.2) is 18.9 Å². The van der Waals surface area contributed by atoms with Gasteiger partial charge in [0.2, 0.25) is 0 Å². The lowest BCUT2D eigenvalue weighted by Gasteiger charge is -2.55. The SMILES string of the molecule is O=C1CNCCC1CC1C2CC3CC(C2)CC1C3. The first-order chi connectivity index (χ1) is 8.79. The van der Waals surface area contributed by atoms with Gasteiger partial charge >= 0.3 is 0 Å². The fourth-order valence-corrected chi connectivity index (χ4v) is 5.79. The van der Waals surface area contributed by atoms with Gasteiger partial charge < -0.3 is 5.32 Å². The molecular weight excluding hydrogens is 222 g/mol. The molecule has 0 radical (unpaired) electrons. The molecule has 2 nitrogen and oxygen atoms in total. The number of carbonyl (C=O) groups excluding carboxylic acids is 1. The third-order valence-electron chi connectivity index (χ3n) is 6.40. The number of rotatable bonds is 2. The average Bonchev–Trinajstić information content (AvgIpc) is 2.35. The highest BCUT2D eigenvalue weighted by Crippen LogP contribution is 2.58. The van der Waals surface area contributed by atoms with Gasteiger partial charge in [-0.3, -0.25) is 4.79 Å². The van der Waals surface area contributed by atoms with Gasteiger partial charge in [0.05, 0.1) is 6.54 Å². The van der Waals surface area contributed by atoms with E-state index in [1.807, 2.05) is 0 Å². The predicted molar refractivity (Wildman–Crippen MR) is 71.1 cm³/mol. The molecule has 1 saturated heterocycles. The van der Waals surface area contributed by atoms with Crippen molar-refractivity contribution in [2.75, 3.05) is 13.1 Å². The fraction of sp³-hybridized carbons (Fsp3) is 0.938. The Balaban J connectivity index is 1.46. The van der Waals surface area contributed by atoms with Gasteiger partial charge in [0, 0.05) is 5.92 Å². The van der Waals surface area contributed by atoms with Crippen molar-refractivity contribution in [2.24, 2.45) is 35.5 Å². The summed E-state index contributed by atoms with van der Waals surface area (Å²) in [5.41, 5.74) is 0. The summed E-state index contributed by atoms with van der Waals surface area (Å²) in [4.78, 5) is 12.0. The van der Waals surface area contributed by atoms with Crippen LogP contribution in [0, 0.1) is 35.5 Å². The maximum atomic E-state index is 12.0. The predicted octanol–water partition coefficient (Wildman–Crippen LogP) is 2.63. The standard InChI is InChI=1S/C16H25NO/c18-16-9-17-2-1-12(16)8-15-13-4-10-3-11(6-13)7-14(15)5-10/h10-15,17H,1-9H2. The minimum Gasteiger partial charge on any atom is -0.310 e. The molecule has 0 aromatic carbocycles. The van der Waals surface area contributed by atoms with E-state index in [-0.39, 0.29) is 0 Å². The van der Waals surface area contributed by atoms with E-state index in [0.717, 1.165) is 42.6 Å². The van der Waals surface area contributed by atoms with Crippen molar-refractivity contribution in [3.63, 3.8) is 0 Å². The Labute approximate surface area is 110 Å². The molecule has 1 unspecified atom stereocenters. The van der Waals surface area contributed by atoms with Gasteiger partial charge in [-0.15, -0.1) is 0 Å². The summed E-state index contributed by atoms with van der Waals surface area (Å²) < 4.78 is 0. The summed E-state index contributed by atoms with van der Waals surface area (Å²) in [6.07, 6.45) is 9.85. The van der Waals surface area contributed by atoms with Gasteiger partial charge in [0.25, 0.3) is 0 Å². The van der Waals surface area contributed by atoms with E-state index in [9.17, 15) is 4.79 Å². The largest absolute Gasteiger partial charge is 0.310 e. The molecule has 4 bridgehead atoms. The van der Waals surface area contributed by atoms with Crippen LogP contribution < -0.4 is 5.32 Å². The molecule has 5 aliphatic rings. The van der Waals surface area contributed by atoms with Crippen LogP contribution in [0.15, 0.2) is 0 Å². The summed E-state index contributed by atoms with van der Waals surface area (Å²) in [5.74, 6) is 5.90. The van der Waals surface area contributed by atoms with Crippen LogP contribution in [0.1, 0.15) is 44.9 Å². The molecule has 2 heteroatoms. The number of hydrogen-bond donors (Lipinski definition) is 1. The molecule has 5 rings (SSSR count). The van der Waals surface area contributed by atoms with Crippen molar-refractivity contribution in [1.82, 2.24) is 5.32 Å². The van der Waals surface area contributed by atoms with Crippen LogP contribution in [-0.2, 0) is 4.79 Å². The molecule has 1 aliphatic heterocycles. The van der Waals surface area contributed by atoms with E-state index in [1.165, 1.54) is 38.5 Å². The first-order valence-electron chi connectivity index (χ1n) is 8.03. The monoisotopic (exact) mass is 247 g/mol. The van der Waals surface area contributed by atoms with Gasteiger partial charge in [-0.25, -0.2) is 0 Å². The fourth-order valence-electron chi connectivity index (χ4n) is 5.79. The van der Waals surface area contributed by atoms with E-state index < -0.39 is 0 Å². The number of Topliss-reactive ketones (excluding diaryl/α,β-unsaturated/α-hetero) is 1. The molecule has 0 amide bonds. The summed E-state index contributed by atoms with van der Waals surface area (Å²) in [6.45, 7) is 1.70. The number of piperidine rings is 1. The van der Waals surface area contributed by atoms with Crippen molar-refractivity contribution in [2.45, 2.75) is 44.9 Å². The molecule has 1 N–H and O–H groups in total. The van der Waals surface area contributed by atoms with Crippen molar-refractivity contribution >= 4 is 5.78 Å². The minimum absolute atomic E-state index is 0.397. The number of ketones is 1. The first-order valence-corrected chi connectivity index (χ1v) is 8.03. The Hall–Kier alpha value is -0.370. The number of hydrogen-bond acceptors (Lipinski definition) is 2. The summed E-state index contributed by atoms with van der Waals surface area (Å²) in [7, 11) is 0. The Kier molecular flexibility index (Phi) is 2.76. The molecule has 5 fully saturated rings. The van der Waals surface area contributed by atoms with Crippen molar-refractivity contribution < 1.29 is 4.79 Å². The Morgan fingerprint density at radius 1 is 1.00 bits per heavy atom. The lowest BCUT2D eigenvalue weighted by atomic mass is 9.50. The Bertz CT molecular complexity index is 323. The molecule has 100 valence electrons. The van der Waals surface area contributed by atoms with Crippen LogP contribution in [0.5, 0.6) is 0 Å². The van der Waals surface area contributed by atoms with E-state index in [4.69, 9.17) is 0 Å². The van der Waals surface area contributed by atoms with E-state index in [0.29, 0.717) is 18.2 Å². The molecule has 18 heavy (non-hydrogen) atoms. The first kappa shape index (κ1) is 11.5. The van der Waals surface area contributed by atoms with Crippen LogP contribution in [0.2, 0.25) is 0 Å². The van der Waals surface area contributed by atoms with E-state index in [1.54, 1.807) is 0 Å².